The number of nitrogens with two attached hydrogens (primary N) is 1. The van der Waals surface area contributed by atoms with Crippen LogP contribution in [0.2, 0.25) is 0 Å². The van der Waals surface area contributed by atoms with Gasteiger partial charge in [0.25, 0.3) is 0 Å². The molecule has 2 aromatic rings. The van der Waals surface area contributed by atoms with Gasteiger partial charge in [0, 0.05) is 41.2 Å². The van der Waals surface area contributed by atoms with Crippen LogP contribution >= 0.6 is 0 Å². The van der Waals surface area contributed by atoms with Gasteiger partial charge in [-0.25, -0.2) is 4.39 Å². The van der Waals surface area contributed by atoms with Gasteiger partial charge in [0.2, 0.25) is 0 Å². The van der Waals surface area contributed by atoms with E-state index >= 15 is 0 Å². The lowest BCUT2D eigenvalue weighted by Crippen LogP contribution is -2.16. The van der Waals surface area contributed by atoms with E-state index in [1.54, 1.807) is 12.3 Å². The number of halogens is 1. The van der Waals surface area contributed by atoms with Crippen LogP contribution < -0.4 is 16.4 Å². The van der Waals surface area contributed by atoms with Crippen molar-refractivity contribution in [1.82, 2.24) is 10.3 Å². The predicted octanol–water partition coefficient (Wildman–Crippen LogP) is 5.83. The molecule has 1 fully saturated rings. The van der Waals surface area contributed by atoms with Gasteiger partial charge in [0.05, 0.1) is 11.4 Å². The molecule has 1 aromatic carbocycles. The fourth-order valence-electron chi connectivity index (χ4n) is 4.99. The first-order valence-electron chi connectivity index (χ1n) is 11.9. The smallest absolute Gasteiger partial charge is 0.128 e. The summed E-state index contributed by atoms with van der Waals surface area (Å²) >= 11 is 0. The number of benzene rings is 1. The van der Waals surface area contributed by atoms with Crippen molar-refractivity contribution < 1.29 is 4.39 Å². The van der Waals surface area contributed by atoms with E-state index in [0.717, 1.165) is 40.9 Å². The van der Waals surface area contributed by atoms with E-state index in [1.807, 2.05) is 38.4 Å². The molecule has 0 saturated heterocycles. The van der Waals surface area contributed by atoms with E-state index in [-0.39, 0.29) is 5.82 Å². The molecular formula is C28H37FN4. The molecule has 5 heteroatoms. The lowest BCUT2D eigenvalue weighted by Gasteiger charge is -2.22. The summed E-state index contributed by atoms with van der Waals surface area (Å²) in [5, 5.41) is 6.96. The van der Waals surface area contributed by atoms with E-state index in [1.165, 1.54) is 11.6 Å². The summed E-state index contributed by atoms with van der Waals surface area (Å²) < 4.78 is 14.6. The maximum absolute atomic E-state index is 14.6. The minimum absolute atomic E-state index is 0.218. The zero-order chi connectivity index (χ0) is 24.1. The summed E-state index contributed by atoms with van der Waals surface area (Å²) in [7, 11) is 2.01. The van der Waals surface area contributed by atoms with Crippen LogP contribution in [0, 0.1) is 17.7 Å². The molecule has 1 aliphatic rings. The Labute approximate surface area is 197 Å². The van der Waals surface area contributed by atoms with Gasteiger partial charge in [-0.3, -0.25) is 4.98 Å². The Bertz CT molecular complexity index is 1070. The average molecular weight is 449 g/mol. The molecule has 4 N–H and O–H groups in total. The summed E-state index contributed by atoms with van der Waals surface area (Å²) in [6.07, 6.45) is 7.78. The van der Waals surface area contributed by atoms with Crippen LogP contribution in [-0.2, 0) is 12.8 Å². The van der Waals surface area contributed by atoms with Gasteiger partial charge in [0.1, 0.15) is 5.82 Å². The number of hydrogen-bond acceptors (Lipinski definition) is 4. The molecule has 3 rings (SSSR count). The van der Waals surface area contributed by atoms with Gasteiger partial charge in [-0.1, -0.05) is 52.0 Å². The van der Waals surface area contributed by atoms with Crippen molar-refractivity contribution in [2.75, 3.05) is 12.4 Å². The average Bonchev–Trinajstić information content (AvgIpc) is 3.49. The molecule has 0 bridgehead atoms. The van der Waals surface area contributed by atoms with Gasteiger partial charge >= 0.3 is 0 Å². The quantitative estimate of drug-likeness (QED) is 0.400. The fourth-order valence-corrected chi connectivity index (χ4v) is 4.99. The lowest BCUT2D eigenvalue weighted by atomic mass is 9.93. The van der Waals surface area contributed by atoms with Crippen LogP contribution in [0.1, 0.15) is 50.8 Å². The molecule has 3 unspecified atom stereocenters. The van der Waals surface area contributed by atoms with Crippen molar-refractivity contribution in [1.29, 1.82) is 0 Å². The molecule has 0 aliphatic heterocycles. The largest absolute Gasteiger partial charge is 0.397 e. The topological polar surface area (TPSA) is 63.0 Å². The second kappa shape index (κ2) is 10.8. The van der Waals surface area contributed by atoms with Crippen LogP contribution in [0.15, 0.2) is 66.2 Å². The standard InChI is InChI=1S/C28H37FN4/c1-7-18-16-32-15-14-22(18)26(30)28(33-24-13-11-12-23(29)21(24)10-4)20(9-3)19(8-2)25-17(5)27(25)31-6/h9,11-17,25,27,31,33H,3,7-8,10,30H2,1-2,4-6H3/b20-19+,28-26+. The maximum Gasteiger partial charge on any atom is 0.128 e. The van der Waals surface area contributed by atoms with E-state index in [9.17, 15) is 4.39 Å². The maximum atomic E-state index is 14.6. The van der Waals surface area contributed by atoms with E-state index in [0.29, 0.717) is 35.6 Å². The van der Waals surface area contributed by atoms with Crippen LogP contribution in [0.3, 0.4) is 0 Å². The minimum atomic E-state index is -0.218. The first-order valence-corrected chi connectivity index (χ1v) is 11.9. The van der Waals surface area contributed by atoms with Crippen LogP contribution in [-0.4, -0.2) is 18.1 Å². The van der Waals surface area contributed by atoms with Gasteiger partial charge in [0.15, 0.2) is 0 Å². The van der Waals surface area contributed by atoms with E-state index in [2.05, 4.69) is 43.0 Å². The number of aryl methyl sites for hydroxylation is 1. The summed E-state index contributed by atoms with van der Waals surface area (Å²) in [5.74, 6) is 0.734. The highest BCUT2D eigenvalue weighted by molar-refractivity contribution is 5.78. The number of nitrogens with zero attached hydrogens (tertiary/aromatic N) is 1. The van der Waals surface area contributed by atoms with Crippen molar-refractivity contribution in [2.45, 2.75) is 53.0 Å². The number of pyridine rings is 1. The van der Waals surface area contributed by atoms with E-state index < -0.39 is 0 Å². The molecule has 3 atom stereocenters. The molecule has 1 aromatic heterocycles. The third kappa shape index (κ3) is 4.88. The number of allylic oxidation sites excluding steroid dienone is 1. The molecule has 33 heavy (non-hydrogen) atoms. The predicted molar refractivity (Wildman–Crippen MR) is 137 cm³/mol. The molecule has 0 spiro atoms. The van der Waals surface area contributed by atoms with Gasteiger partial charge < -0.3 is 16.4 Å². The van der Waals surface area contributed by atoms with Crippen LogP contribution in [0.25, 0.3) is 5.70 Å². The fraction of sp³-hybridized carbons (Fsp3) is 0.393. The number of aromatic nitrogens is 1. The summed E-state index contributed by atoms with van der Waals surface area (Å²) in [6, 6.07) is 7.52. The second-order valence-corrected chi connectivity index (χ2v) is 8.62. The number of hydrogen-bond donors (Lipinski definition) is 3. The lowest BCUT2D eigenvalue weighted by molar-refractivity contribution is 0.613. The third-order valence-corrected chi connectivity index (χ3v) is 6.89. The Morgan fingerprint density at radius 1 is 1.21 bits per heavy atom. The van der Waals surface area contributed by atoms with Crippen LogP contribution in [0.5, 0.6) is 0 Å². The zero-order valence-electron chi connectivity index (χ0n) is 20.5. The first kappa shape index (κ1) is 24.7. The minimum Gasteiger partial charge on any atom is -0.397 e. The molecule has 4 nitrogen and oxygen atoms in total. The number of anilines is 1. The Balaban J connectivity index is 2.26. The van der Waals surface area contributed by atoms with Crippen LogP contribution in [0.4, 0.5) is 10.1 Å². The summed E-state index contributed by atoms with van der Waals surface area (Å²) in [6.45, 7) is 12.7. The Kier molecular flexibility index (Phi) is 8.09. The highest BCUT2D eigenvalue weighted by Crippen LogP contribution is 2.47. The number of nitrogens with one attached hydrogen (secondary N) is 2. The van der Waals surface area contributed by atoms with Crippen molar-refractivity contribution >= 4 is 11.4 Å². The van der Waals surface area contributed by atoms with Crippen molar-refractivity contribution in [2.24, 2.45) is 17.6 Å². The zero-order valence-corrected chi connectivity index (χ0v) is 20.5. The highest BCUT2D eigenvalue weighted by atomic mass is 19.1. The van der Waals surface area contributed by atoms with Gasteiger partial charge in [-0.2, -0.15) is 0 Å². The molecule has 0 radical (unpaired) electrons. The molecule has 176 valence electrons. The SMILES string of the molecule is C=CC(/C(Nc1cccc(F)c1CC)=C(\N)c1ccncc1CC)=C(/CC)C1C(C)C1NC. The van der Waals surface area contributed by atoms with E-state index in [4.69, 9.17) is 5.73 Å². The highest BCUT2D eigenvalue weighted by Gasteiger charge is 2.48. The van der Waals surface area contributed by atoms with Crippen molar-refractivity contribution in [3.8, 4) is 0 Å². The Morgan fingerprint density at radius 3 is 2.55 bits per heavy atom. The molecule has 1 aliphatic carbocycles. The third-order valence-electron chi connectivity index (χ3n) is 6.89. The molecule has 1 heterocycles. The van der Waals surface area contributed by atoms with Gasteiger partial charge in [-0.05, 0) is 61.6 Å². The monoisotopic (exact) mass is 448 g/mol. The number of rotatable bonds is 10. The molecular weight excluding hydrogens is 411 g/mol. The van der Waals surface area contributed by atoms with Crippen molar-refractivity contribution in [3.05, 3.63) is 88.7 Å². The van der Waals surface area contributed by atoms with Crippen molar-refractivity contribution in [3.63, 3.8) is 0 Å². The normalized spacial score (nSPS) is 21.2. The Hall–Kier alpha value is -2.92. The summed E-state index contributed by atoms with van der Waals surface area (Å²) in [5.41, 5.74) is 14.0. The summed E-state index contributed by atoms with van der Waals surface area (Å²) in [4.78, 5) is 4.28. The van der Waals surface area contributed by atoms with Gasteiger partial charge in [-0.15, -0.1) is 0 Å². The molecule has 0 amide bonds. The second-order valence-electron chi connectivity index (χ2n) is 8.62. The Morgan fingerprint density at radius 2 is 1.97 bits per heavy atom. The molecule has 1 saturated carbocycles. The first-order chi connectivity index (χ1) is 15.9.